The molecule has 0 atom stereocenters. The molecule has 0 unspecified atom stereocenters. The molecule has 296 valence electrons. The van der Waals surface area contributed by atoms with Crippen molar-refractivity contribution in [2.24, 2.45) is 0 Å². The fourth-order valence-electron chi connectivity index (χ4n) is 3.18. The summed E-state index contributed by atoms with van der Waals surface area (Å²) in [5.41, 5.74) is -0.720. The van der Waals surface area contributed by atoms with Gasteiger partial charge in [-0.25, -0.2) is 13.6 Å². The lowest BCUT2D eigenvalue weighted by Crippen LogP contribution is -2.75. The second kappa shape index (κ2) is 13.6. The summed E-state index contributed by atoms with van der Waals surface area (Å²) in [5, 5.41) is -8.48. The predicted octanol–water partition coefficient (Wildman–Crippen LogP) is 9.96. The number of anilines is 2. The van der Waals surface area contributed by atoms with E-state index in [1.165, 1.54) is 0 Å². The molecule has 0 aliphatic heterocycles. The summed E-state index contributed by atoms with van der Waals surface area (Å²) in [7, 11) is -7.89. The molecule has 0 bridgehead atoms. The van der Waals surface area contributed by atoms with Crippen molar-refractivity contribution in [3.63, 3.8) is 0 Å². The maximum absolute atomic E-state index is 14.2. The zero-order valence-electron chi connectivity index (χ0n) is 23.6. The summed E-state index contributed by atoms with van der Waals surface area (Å²) in [4.78, 5) is 11.7. The highest BCUT2D eigenvalue weighted by Crippen LogP contribution is 2.64. The monoisotopic (exact) mass is 842 g/mol. The van der Waals surface area contributed by atoms with E-state index in [-0.39, 0.29) is 17.8 Å². The molecule has 29 heteroatoms. The molecule has 0 aliphatic carbocycles. The molecule has 2 aromatic rings. The number of thioether (sulfide) groups is 1. The fourth-order valence-corrected chi connectivity index (χ4v) is 4.77. The van der Waals surface area contributed by atoms with E-state index in [0.717, 1.165) is 24.3 Å². The topological polar surface area (TPSA) is 84.5 Å². The van der Waals surface area contributed by atoms with Crippen molar-refractivity contribution in [3.8, 4) is 5.75 Å². The standard InChI is InChI=1S/C23H11F21N2O4S2/c24-13(25)15(26,27)51-12-7-3-10(4-8-12)46-14(47)45-9-1-5-11(6-2-9)50-52(48,49)23(43,44)21(38,39)19(34,35)17(30,31)16(28,29)18(32,33)20(36,37)22(40,41)42/h1-8,13H,(H2,45,46,47). The maximum atomic E-state index is 14.2. The van der Waals surface area contributed by atoms with Crippen molar-refractivity contribution in [2.45, 2.75) is 63.5 Å². The second-order valence-electron chi connectivity index (χ2n) is 9.59. The van der Waals surface area contributed by atoms with Crippen LogP contribution in [0, 0.1) is 0 Å². The van der Waals surface area contributed by atoms with Crippen LogP contribution < -0.4 is 14.8 Å². The molecule has 2 amide bonds. The minimum atomic E-state index is -9.02. The van der Waals surface area contributed by atoms with Crippen molar-refractivity contribution in [3.05, 3.63) is 48.5 Å². The number of alkyl halides is 21. The van der Waals surface area contributed by atoms with Crippen LogP contribution in [0.4, 0.5) is 108 Å². The van der Waals surface area contributed by atoms with Gasteiger partial charge in [0, 0.05) is 16.3 Å². The number of urea groups is 1. The van der Waals surface area contributed by atoms with Crippen LogP contribution in [0.1, 0.15) is 0 Å². The van der Waals surface area contributed by atoms with Gasteiger partial charge in [0.05, 0.1) is 0 Å². The summed E-state index contributed by atoms with van der Waals surface area (Å²) in [6, 6.07) is 3.42. The van der Waals surface area contributed by atoms with E-state index < -0.39 is 103 Å². The molecule has 6 nitrogen and oxygen atoms in total. The summed E-state index contributed by atoms with van der Waals surface area (Å²) in [5.74, 6) is -54.3. The Kier molecular flexibility index (Phi) is 11.7. The van der Waals surface area contributed by atoms with Crippen molar-refractivity contribution >= 4 is 39.3 Å². The first-order valence-electron chi connectivity index (χ1n) is 12.2. The lowest BCUT2D eigenvalue weighted by Gasteiger charge is -2.42. The first-order chi connectivity index (χ1) is 22.9. The molecule has 2 N–H and O–H groups in total. The minimum absolute atomic E-state index is 0.122. The zero-order chi connectivity index (χ0) is 40.9. The summed E-state index contributed by atoms with van der Waals surface area (Å²) >= 11 is -0.544. The van der Waals surface area contributed by atoms with Gasteiger partial charge >= 0.3 is 74.8 Å². The lowest BCUT2D eigenvalue weighted by atomic mass is 9.91. The van der Waals surface area contributed by atoms with Gasteiger partial charge in [-0.2, -0.15) is 91.8 Å². The molecule has 0 fully saturated rings. The fraction of sp³-hybridized carbons (Fsp3) is 0.435. The van der Waals surface area contributed by atoms with Crippen molar-refractivity contribution in [1.82, 2.24) is 0 Å². The highest BCUT2D eigenvalue weighted by atomic mass is 32.2. The van der Waals surface area contributed by atoms with E-state index in [1.54, 1.807) is 0 Å². The highest BCUT2D eigenvalue weighted by molar-refractivity contribution is 8.00. The van der Waals surface area contributed by atoms with Gasteiger partial charge in [0.1, 0.15) is 5.75 Å². The number of hydrogen-bond donors (Lipinski definition) is 2. The van der Waals surface area contributed by atoms with Gasteiger partial charge in [-0.1, -0.05) is 0 Å². The predicted molar refractivity (Wildman–Crippen MR) is 133 cm³/mol. The number of halogens is 21. The van der Waals surface area contributed by atoms with Crippen LogP contribution in [0.3, 0.4) is 0 Å². The molecule has 0 saturated carbocycles. The largest absolute Gasteiger partial charge is 0.460 e. The second-order valence-corrected chi connectivity index (χ2v) is 12.4. The Hall–Kier alpha value is -3.66. The van der Waals surface area contributed by atoms with Crippen molar-refractivity contribution in [2.75, 3.05) is 10.6 Å². The molecule has 0 aliphatic rings. The van der Waals surface area contributed by atoms with Gasteiger partial charge in [0.25, 0.3) is 0 Å². The average Bonchev–Trinajstić information content (AvgIpc) is 2.97. The van der Waals surface area contributed by atoms with Gasteiger partial charge in [-0.3, -0.25) is 0 Å². The van der Waals surface area contributed by atoms with Crippen LogP contribution in [-0.4, -0.2) is 73.1 Å². The number of rotatable bonds is 14. The Morgan fingerprint density at radius 3 is 1.27 bits per heavy atom. The summed E-state index contributed by atoms with van der Waals surface area (Å²) < 4.78 is 306. The third-order valence-electron chi connectivity index (χ3n) is 5.95. The summed E-state index contributed by atoms with van der Waals surface area (Å²) in [6.45, 7) is 0. The molecule has 0 radical (unpaired) electrons. The number of amides is 2. The number of carbonyl (C=O) groups is 1. The van der Waals surface area contributed by atoms with E-state index >= 15 is 0 Å². The van der Waals surface area contributed by atoms with E-state index in [1.807, 2.05) is 10.6 Å². The van der Waals surface area contributed by atoms with Crippen LogP contribution in [0.25, 0.3) is 0 Å². The molecular weight excluding hydrogens is 831 g/mol. The number of benzene rings is 2. The van der Waals surface area contributed by atoms with Gasteiger partial charge in [0.2, 0.25) is 0 Å². The molecule has 0 aromatic heterocycles. The molecule has 0 heterocycles. The van der Waals surface area contributed by atoms with Crippen LogP contribution in [0.2, 0.25) is 0 Å². The SMILES string of the molecule is O=C(Nc1ccc(OS(=O)(=O)C(F)(F)C(F)(F)C(F)(F)C(F)(F)C(F)(F)C(F)(F)C(F)(F)C(F)(F)F)cc1)Nc1ccc(SC(F)(F)C(F)F)cc1. The van der Waals surface area contributed by atoms with E-state index in [9.17, 15) is 105 Å². The Labute approximate surface area is 277 Å². The van der Waals surface area contributed by atoms with E-state index in [0.29, 0.717) is 12.1 Å². The van der Waals surface area contributed by atoms with Gasteiger partial charge < -0.3 is 14.8 Å². The van der Waals surface area contributed by atoms with Crippen LogP contribution >= 0.6 is 11.8 Å². The Balaban J connectivity index is 2.28. The first kappa shape index (κ1) is 44.5. The molecule has 0 saturated heterocycles. The third kappa shape index (κ3) is 7.55. The molecule has 52 heavy (non-hydrogen) atoms. The lowest BCUT2D eigenvalue weighted by molar-refractivity contribution is -0.458. The summed E-state index contributed by atoms with van der Waals surface area (Å²) in [6.07, 6.45) is -12.0. The Bertz CT molecular complexity index is 1700. The van der Waals surface area contributed by atoms with Crippen LogP contribution in [-0.2, 0) is 10.1 Å². The molecule has 2 rings (SSSR count). The smallest absolute Gasteiger partial charge is 0.378 e. The molecule has 2 aromatic carbocycles. The zero-order valence-corrected chi connectivity index (χ0v) is 25.2. The average molecular weight is 842 g/mol. The molecule has 0 spiro atoms. The van der Waals surface area contributed by atoms with Gasteiger partial charge in [-0.05, 0) is 60.3 Å². The highest BCUT2D eigenvalue weighted by Gasteiger charge is 2.96. The van der Waals surface area contributed by atoms with Crippen LogP contribution in [0.5, 0.6) is 5.75 Å². The van der Waals surface area contributed by atoms with Crippen molar-refractivity contribution < 1.29 is 110 Å². The Morgan fingerprint density at radius 1 is 0.558 bits per heavy atom. The third-order valence-corrected chi connectivity index (χ3v) is 8.20. The maximum Gasteiger partial charge on any atom is 0.460 e. The van der Waals surface area contributed by atoms with Crippen LogP contribution in [0.15, 0.2) is 53.4 Å². The first-order valence-corrected chi connectivity index (χ1v) is 14.5. The Morgan fingerprint density at radius 2 is 0.904 bits per heavy atom. The van der Waals surface area contributed by atoms with Gasteiger partial charge in [0.15, 0.2) is 0 Å². The van der Waals surface area contributed by atoms with Crippen molar-refractivity contribution in [1.29, 1.82) is 0 Å². The van der Waals surface area contributed by atoms with E-state index in [4.69, 9.17) is 0 Å². The molecular formula is C23H11F21N2O4S2. The van der Waals surface area contributed by atoms with E-state index in [2.05, 4.69) is 4.18 Å². The number of hydrogen-bond acceptors (Lipinski definition) is 5. The number of carbonyl (C=O) groups excluding carboxylic acids is 1. The quantitative estimate of drug-likeness (QED) is 0.112. The van der Waals surface area contributed by atoms with Gasteiger partial charge in [-0.15, -0.1) is 0 Å². The minimum Gasteiger partial charge on any atom is -0.378 e. The number of nitrogens with one attached hydrogen (secondary N) is 2. The normalized spacial score (nSPS) is 14.7.